The van der Waals surface area contributed by atoms with Crippen LogP contribution in [-0.4, -0.2) is 23.1 Å². The molecule has 0 saturated carbocycles. The van der Waals surface area contributed by atoms with Crippen molar-refractivity contribution >= 4 is 17.1 Å². The van der Waals surface area contributed by atoms with Gasteiger partial charge < -0.3 is 14.8 Å². The van der Waals surface area contributed by atoms with Crippen LogP contribution in [0.4, 0.5) is 30.2 Å². The number of imidazole rings is 1. The molecule has 1 aromatic heterocycles. The first kappa shape index (κ1) is 17.5. The molecule has 140 valence electrons. The molecule has 0 fully saturated rings. The van der Waals surface area contributed by atoms with Crippen LogP contribution in [0.2, 0.25) is 0 Å². The van der Waals surface area contributed by atoms with Gasteiger partial charge in [-0.15, -0.1) is 0 Å². The van der Waals surface area contributed by atoms with Gasteiger partial charge >= 0.3 is 6.18 Å². The van der Waals surface area contributed by atoms with Gasteiger partial charge in [-0.3, -0.25) is 0 Å². The lowest BCUT2D eigenvalue weighted by Crippen LogP contribution is -2.38. The highest BCUT2D eigenvalue weighted by Crippen LogP contribution is 2.39. The number of aryl methyl sites for hydroxylation is 1. The van der Waals surface area contributed by atoms with E-state index in [0.717, 1.165) is 47.1 Å². The maximum atomic E-state index is 12.8. The Morgan fingerprint density at radius 1 is 1.00 bits per heavy atom. The lowest BCUT2D eigenvalue weighted by Gasteiger charge is -2.39. The first-order valence-electron chi connectivity index (χ1n) is 8.71. The molecule has 0 bridgehead atoms. The molecule has 4 rings (SSSR count). The monoisotopic (exact) mass is 372 g/mol. The van der Waals surface area contributed by atoms with Crippen molar-refractivity contribution in [1.29, 1.82) is 0 Å². The molecule has 0 unspecified atom stereocenters. The lowest BCUT2D eigenvalue weighted by atomic mass is 10.1. The van der Waals surface area contributed by atoms with E-state index in [1.165, 1.54) is 12.1 Å². The standard InChI is InChI=1S/C20H19F3N4/c1-14-17(25-13-24-14)12-26-10-11-27(19-5-3-2-4-18(19)26)16-8-6-15(7-9-16)20(21,22)23/h2-9,13H,10-12H2,1H3,(H,24,25). The van der Waals surface area contributed by atoms with Gasteiger partial charge in [0.15, 0.2) is 0 Å². The molecule has 0 aliphatic carbocycles. The van der Waals surface area contributed by atoms with E-state index in [2.05, 4.69) is 19.8 Å². The van der Waals surface area contributed by atoms with Crippen LogP contribution in [-0.2, 0) is 12.7 Å². The number of fused-ring (bicyclic) bond motifs is 1. The Balaban J connectivity index is 1.64. The molecule has 3 aromatic rings. The van der Waals surface area contributed by atoms with Crippen molar-refractivity contribution in [3.63, 3.8) is 0 Å². The van der Waals surface area contributed by atoms with Crippen molar-refractivity contribution in [1.82, 2.24) is 9.97 Å². The van der Waals surface area contributed by atoms with Crippen molar-refractivity contribution in [2.75, 3.05) is 22.9 Å². The number of aromatic amines is 1. The molecule has 2 aromatic carbocycles. The number of para-hydroxylation sites is 2. The highest BCUT2D eigenvalue weighted by molar-refractivity contribution is 5.79. The summed E-state index contributed by atoms with van der Waals surface area (Å²) in [5.41, 5.74) is 4.20. The van der Waals surface area contributed by atoms with E-state index >= 15 is 0 Å². The summed E-state index contributed by atoms with van der Waals surface area (Å²) >= 11 is 0. The van der Waals surface area contributed by atoms with Gasteiger partial charge in [0.25, 0.3) is 0 Å². The Kier molecular flexibility index (Phi) is 4.30. The summed E-state index contributed by atoms with van der Waals surface area (Å²) in [4.78, 5) is 11.7. The molecule has 0 amide bonds. The quantitative estimate of drug-likeness (QED) is 0.711. The maximum absolute atomic E-state index is 12.8. The van der Waals surface area contributed by atoms with Gasteiger partial charge in [-0.25, -0.2) is 4.98 Å². The summed E-state index contributed by atoms with van der Waals surface area (Å²) in [6.45, 7) is 4.13. The second-order valence-corrected chi connectivity index (χ2v) is 6.57. The van der Waals surface area contributed by atoms with Crippen LogP contribution in [0.1, 0.15) is 17.0 Å². The zero-order valence-electron chi connectivity index (χ0n) is 14.8. The van der Waals surface area contributed by atoms with Crippen LogP contribution < -0.4 is 9.80 Å². The summed E-state index contributed by atoms with van der Waals surface area (Å²) < 4.78 is 38.5. The molecule has 1 N–H and O–H groups in total. The number of nitrogens with one attached hydrogen (secondary N) is 1. The van der Waals surface area contributed by atoms with E-state index in [9.17, 15) is 13.2 Å². The van der Waals surface area contributed by atoms with Gasteiger partial charge in [0.2, 0.25) is 0 Å². The van der Waals surface area contributed by atoms with Crippen molar-refractivity contribution in [2.24, 2.45) is 0 Å². The molecule has 2 heterocycles. The van der Waals surface area contributed by atoms with Gasteiger partial charge in [0.05, 0.1) is 41.2 Å². The lowest BCUT2D eigenvalue weighted by molar-refractivity contribution is -0.137. The predicted molar refractivity (Wildman–Crippen MR) is 99.3 cm³/mol. The van der Waals surface area contributed by atoms with E-state index in [0.29, 0.717) is 13.1 Å². The Labute approximate surface area is 155 Å². The number of halogens is 3. The molecular formula is C20H19F3N4. The molecule has 4 nitrogen and oxygen atoms in total. The zero-order chi connectivity index (χ0) is 19.0. The summed E-state index contributed by atoms with van der Waals surface area (Å²) in [7, 11) is 0. The van der Waals surface area contributed by atoms with Crippen LogP contribution in [0, 0.1) is 6.92 Å². The molecule has 0 atom stereocenters. The van der Waals surface area contributed by atoms with Crippen molar-refractivity contribution < 1.29 is 13.2 Å². The molecule has 0 radical (unpaired) electrons. The Bertz CT molecular complexity index is 931. The molecule has 7 heteroatoms. The third-order valence-corrected chi connectivity index (χ3v) is 4.90. The van der Waals surface area contributed by atoms with Gasteiger partial charge in [-0.05, 0) is 43.3 Å². The van der Waals surface area contributed by atoms with Crippen LogP contribution in [0.25, 0.3) is 0 Å². The van der Waals surface area contributed by atoms with Gasteiger partial charge in [-0.2, -0.15) is 13.2 Å². The van der Waals surface area contributed by atoms with E-state index < -0.39 is 11.7 Å². The number of H-pyrrole nitrogens is 1. The number of aromatic nitrogens is 2. The largest absolute Gasteiger partial charge is 0.416 e. The third-order valence-electron chi connectivity index (χ3n) is 4.90. The van der Waals surface area contributed by atoms with Crippen molar-refractivity contribution in [3.05, 3.63) is 71.8 Å². The smallest absolute Gasteiger partial charge is 0.362 e. The summed E-state index contributed by atoms with van der Waals surface area (Å²) in [6, 6.07) is 13.3. The summed E-state index contributed by atoms with van der Waals surface area (Å²) in [5, 5.41) is 0. The number of rotatable bonds is 3. The van der Waals surface area contributed by atoms with E-state index in [-0.39, 0.29) is 0 Å². The number of anilines is 3. The molecule has 0 spiro atoms. The van der Waals surface area contributed by atoms with Gasteiger partial charge in [0.1, 0.15) is 0 Å². The Hall–Kier alpha value is -2.96. The molecular weight excluding hydrogens is 353 g/mol. The first-order valence-corrected chi connectivity index (χ1v) is 8.71. The minimum atomic E-state index is -4.32. The van der Waals surface area contributed by atoms with Gasteiger partial charge in [0, 0.05) is 18.8 Å². The number of hydrogen-bond donors (Lipinski definition) is 1. The highest BCUT2D eigenvalue weighted by atomic mass is 19.4. The predicted octanol–water partition coefficient (Wildman–Crippen LogP) is 4.90. The maximum Gasteiger partial charge on any atom is 0.416 e. The second kappa shape index (κ2) is 6.64. The molecule has 0 saturated heterocycles. The normalized spacial score (nSPS) is 14.4. The summed E-state index contributed by atoms with van der Waals surface area (Å²) in [5.74, 6) is 0. The Morgan fingerprint density at radius 2 is 1.70 bits per heavy atom. The summed E-state index contributed by atoms with van der Waals surface area (Å²) in [6.07, 6.45) is -2.63. The third kappa shape index (κ3) is 3.37. The fourth-order valence-corrected chi connectivity index (χ4v) is 3.42. The van der Waals surface area contributed by atoms with Crippen molar-refractivity contribution in [2.45, 2.75) is 19.6 Å². The average molecular weight is 372 g/mol. The zero-order valence-corrected chi connectivity index (χ0v) is 14.8. The number of alkyl halides is 3. The average Bonchev–Trinajstić information content (AvgIpc) is 3.06. The minimum Gasteiger partial charge on any atom is -0.362 e. The van der Waals surface area contributed by atoms with Crippen LogP contribution in [0.3, 0.4) is 0 Å². The van der Waals surface area contributed by atoms with E-state index in [1.54, 1.807) is 6.33 Å². The van der Waals surface area contributed by atoms with Crippen LogP contribution in [0.15, 0.2) is 54.9 Å². The first-order chi connectivity index (χ1) is 12.9. The second-order valence-electron chi connectivity index (χ2n) is 6.57. The minimum absolute atomic E-state index is 0.632. The van der Waals surface area contributed by atoms with E-state index in [1.807, 2.05) is 31.2 Å². The van der Waals surface area contributed by atoms with Crippen LogP contribution in [0.5, 0.6) is 0 Å². The molecule has 1 aliphatic rings. The fraction of sp³-hybridized carbons (Fsp3) is 0.250. The SMILES string of the molecule is Cc1nc[nH]c1CN1CCN(c2ccc(C(F)(F)F)cc2)c2ccccc21. The number of nitrogens with zero attached hydrogens (tertiary/aromatic N) is 3. The molecule has 1 aliphatic heterocycles. The van der Waals surface area contributed by atoms with Crippen LogP contribution >= 0.6 is 0 Å². The number of hydrogen-bond acceptors (Lipinski definition) is 3. The van der Waals surface area contributed by atoms with Gasteiger partial charge in [-0.1, -0.05) is 12.1 Å². The number of benzene rings is 2. The molecule has 27 heavy (non-hydrogen) atoms. The van der Waals surface area contributed by atoms with E-state index in [4.69, 9.17) is 0 Å². The highest BCUT2D eigenvalue weighted by Gasteiger charge is 2.31. The Morgan fingerprint density at radius 3 is 2.33 bits per heavy atom. The topological polar surface area (TPSA) is 35.2 Å². The van der Waals surface area contributed by atoms with Crippen molar-refractivity contribution in [3.8, 4) is 0 Å². The fourth-order valence-electron chi connectivity index (χ4n) is 3.42.